The number of nitrogens with one attached hydrogen (secondary N) is 1. The molecular weight excluding hydrogens is 276 g/mol. The number of hydrogen-bond acceptors (Lipinski definition) is 3. The Bertz CT molecular complexity index is 531. The second kappa shape index (κ2) is 6.51. The second-order valence-electron chi connectivity index (χ2n) is 4.71. The van der Waals surface area contributed by atoms with Crippen LogP contribution in [0.3, 0.4) is 0 Å². The molecule has 19 heavy (non-hydrogen) atoms. The van der Waals surface area contributed by atoms with E-state index in [-0.39, 0.29) is 6.04 Å². The SMILES string of the molecule is CCCNC(c1cc(C)nc(C)c1)c1ccc(Cl)s1. The molecule has 1 atom stereocenters. The van der Waals surface area contributed by atoms with Crippen molar-refractivity contribution in [2.45, 2.75) is 33.2 Å². The smallest absolute Gasteiger partial charge is 0.0931 e. The molecule has 0 amide bonds. The van der Waals surface area contributed by atoms with Gasteiger partial charge >= 0.3 is 0 Å². The Labute approximate surface area is 123 Å². The Kier molecular flexibility index (Phi) is 4.97. The Hall–Kier alpha value is -0.900. The van der Waals surface area contributed by atoms with Crippen molar-refractivity contribution in [1.82, 2.24) is 10.3 Å². The van der Waals surface area contributed by atoms with Crippen LogP contribution < -0.4 is 5.32 Å². The molecule has 2 rings (SSSR count). The van der Waals surface area contributed by atoms with E-state index < -0.39 is 0 Å². The Morgan fingerprint density at radius 2 is 1.95 bits per heavy atom. The highest BCUT2D eigenvalue weighted by atomic mass is 35.5. The minimum absolute atomic E-state index is 0.206. The summed E-state index contributed by atoms with van der Waals surface area (Å²) in [4.78, 5) is 5.70. The van der Waals surface area contributed by atoms with Gasteiger partial charge in [-0.15, -0.1) is 11.3 Å². The minimum Gasteiger partial charge on any atom is -0.306 e. The maximum Gasteiger partial charge on any atom is 0.0931 e. The lowest BCUT2D eigenvalue weighted by atomic mass is 10.0. The summed E-state index contributed by atoms with van der Waals surface area (Å²) in [6.45, 7) is 7.23. The first-order valence-corrected chi connectivity index (χ1v) is 7.73. The van der Waals surface area contributed by atoms with E-state index in [1.807, 2.05) is 19.9 Å². The van der Waals surface area contributed by atoms with Gasteiger partial charge in [0.2, 0.25) is 0 Å². The van der Waals surface area contributed by atoms with Crippen molar-refractivity contribution in [2.24, 2.45) is 0 Å². The van der Waals surface area contributed by atoms with E-state index in [0.29, 0.717) is 0 Å². The molecule has 0 radical (unpaired) electrons. The fraction of sp³-hybridized carbons (Fsp3) is 0.400. The van der Waals surface area contributed by atoms with Gasteiger partial charge in [-0.2, -0.15) is 0 Å². The third-order valence-electron chi connectivity index (χ3n) is 2.91. The molecule has 0 saturated heterocycles. The zero-order valence-electron chi connectivity index (χ0n) is 11.5. The summed E-state index contributed by atoms with van der Waals surface area (Å²) >= 11 is 7.70. The van der Waals surface area contributed by atoms with Crippen LogP contribution in [0.2, 0.25) is 4.34 Å². The molecule has 2 aromatic rings. The molecule has 1 N–H and O–H groups in total. The van der Waals surface area contributed by atoms with Gasteiger partial charge in [0.05, 0.1) is 10.4 Å². The first-order chi connectivity index (χ1) is 9.10. The Balaban J connectivity index is 2.36. The number of hydrogen-bond donors (Lipinski definition) is 1. The monoisotopic (exact) mass is 294 g/mol. The lowest BCUT2D eigenvalue weighted by Gasteiger charge is -2.18. The molecule has 0 aromatic carbocycles. The second-order valence-corrected chi connectivity index (χ2v) is 6.46. The normalized spacial score (nSPS) is 12.6. The van der Waals surface area contributed by atoms with Crippen LogP contribution >= 0.6 is 22.9 Å². The molecule has 2 aromatic heterocycles. The summed E-state index contributed by atoms with van der Waals surface area (Å²) in [6, 6.07) is 8.56. The van der Waals surface area contributed by atoms with E-state index in [9.17, 15) is 0 Å². The van der Waals surface area contributed by atoms with Crippen molar-refractivity contribution in [1.29, 1.82) is 0 Å². The summed E-state index contributed by atoms with van der Waals surface area (Å²) in [5.41, 5.74) is 3.37. The molecular formula is C15H19ClN2S. The number of halogens is 1. The third kappa shape index (κ3) is 3.78. The molecule has 102 valence electrons. The number of aromatic nitrogens is 1. The molecule has 4 heteroatoms. The summed E-state index contributed by atoms with van der Waals surface area (Å²) < 4.78 is 0.834. The molecule has 0 spiro atoms. The van der Waals surface area contributed by atoms with Crippen molar-refractivity contribution in [3.8, 4) is 0 Å². The maximum atomic E-state index is 6.07. The molecule has 0 saturated carbocycles. The largest absolute Gasteiger partial charge is 0.306 e. The van der Waals surface area contributed by atoms with E-state index in [2.05, 4.69) is 35.4 Å². The first-order valence-electron chi connectivity index (χ1n) is 6.54. The van der Waals surface area contributed by atoms with Crippen molar-refractivity contribution < 1.29 is 0 Å². The van der Waals surface area contributed by atoms with Crippen LogP contribution in [0.4, 0.5) is 0 Å². The van der Waals surface area contributed by atoms with Crippen LogP contribution in [0, 0.1) is 13.8 Å². The van der Waals surface area contributed by atoms with Crippen LogP contribution in [-0.2, 0) is 0 Å². The predicted molar refractivity (Wildman–Crippen MR) is 83.2 cm³/mol. The van der Waals surface area contributed by atoms with Gasteiger partial charge < -0.3 is 5.32 Å². The van der Waals surface area contributed by atoms with Gasteiger partial charge in [-0.1, -0.05) is 18.5 Å². The first kappa shape index (κ1) is 14.5. The van der Waals surface area contributed by atoms with Gasteiger partial charge in [-0.25, -0.2) is 0 Å². The third-order valence-corrected chi connectivity index (χ3v) is 4.21. The molecule has 2 heterocycles. The number of pyridine rings is 1. The van der Waals surface area contributed by atoms with Gasteiger partial charge in [0.1, 0.15) is 0 Å². The highest BCUT2D eigenvalue weighted by molar-refractivity contribution is 7.16. The molecule has 2 nitrogen and oxygen atoms in total. The topological polar surface area (TPSA) is 24.9 Å². The number of thiophene rings is 1. The van der Waals surface area contributed by atoms with Crippen LogP contribution in [-0.4, -0.2) is 11.5 Å². The van der Waals surface area contributed by atoms with Gasteiger partial charge in [-0.05, 0) is 56.6 Å². The number of aryl methyl sites for hydroxylation is 2. The van der Waals surface area contributed by atoms with Crippen molar-refractivity contribution in [3.63, 3.8) is 0 Å². The molecule has 0 aliphatic rings. The average molecular weight is 295 g/mol. The van der Waals surface area contributed by atoms with Gasteiger partial charge in [0.25, 0.3) is 0 Å². The van der Waals surface area contributed by atoms with E-state index in [1.165, 1.54) is 10.4 Å². The quantitative estimate of drug-likeness (QED) is 0.878. The predicted octanol–water partition coefficient (Wildman–Crippen LogP) is 4.50. The summed E-state index contributed by atoms with van der Waals surface area (Å²) in [5.74, 6) is 0. The summed E-state index contributed by atoms with van der Waals surface area (Å²) in [7, 11) is 0. The number of nitrogens with zero attached hydrogens (tertiary/aromatic N) is 1. The van der Waals surface area contributed by atoms with Crippen LogP contribution in [0.1, 0.15) is 41.2 Å². The Morgan fingerprint density at radius 1 is 1.26 bits per heavy atom. The fourth-order valence-electron chi connectivity index (χ4n) is 2.19. The number of rotatable bonds is 5. The minimum atomic E-state index is 0.206. The van der Waals surface area contributed by atoms with E-state index in [0.717, 1.165) is 28.7 Å². The van der Waals surface area contributed by atoms with E-state index >= 15 is 0 Å². The van der Waals surface area contributed by atoms with Crippen molar-refractivity contribution in [2.75, 3.05) is 6.54 Å². The van der Waals surface area contributed by atoms with Gasteiger partial charge in [0.15, 0.2) is 0 Å². The maximum absolute atomic E-state index is 6.07. The highest BCUT2D eigenvalue weighted by Gasteiger charge is 2.16. The zero-order chi connectivity index (χ0) is 13.8. The lowest BCUT2D eigenvalue weighted by molar-refractivity contribution is 0.604. The molecule has 1 unspecified atom stereocenters. The van der Waals surface area contributed by atoms with Crippen molar-refractivity contribution in [3.05, 3.63) is 50.4 Å². The van der Waals surface area contributed by atoms with Crippen molar-refractivity contribution >= 4 is 22.9 Å². The Morgan fingerprint density at radius 3 is 2.47 bits per heavy atom. The molecule has 0 aliphatic heterocycles. The molecule has 0 aliphatic carbocycles. The standard InChI is InChI=1S/C15H19ClN2S/c1-4-7-17-15(13-5-6-14(16)19-13)12-8-10(2)18-11(3)9-12/h5-6,8-9,15,17H,4,7H2,1-3H3. The molecule has 0 fully saturated rings. The average Bonchev–Trinajstić information content (AvgIpc) is 2.75. The lowest BCUT2D eigenvalue weighted by Crippen LogP contribution is -2.22. The van der Waals surface area contributed by atoms with Crippen LogP contribution in [0.25, 0.3) is 0 Å². The van der Waals surface area contributed by atoms with E-state index in [1.54, 1.807) is 11.3 Å². The van der Waals surface area contributed by atoms with Crippen LogP contribution in [0.15, 0.2) is 24.3 Å². The van der Waals surface area contributed by atoms with Gasteiger partial charge in [-0.3, -0.25) is 4.98 Å². The highest BCUT2D eigenvalue weighted by Crippen LogP contribution is 2.31. The molecule has 0 bridgehead atoms. The fourth-order valence-corrected chi connectivity index (χ4v) is 3.35. The summed E-state index contributed by atoms with van der Waals surface area (Å²) in [5, 5.41) is 3.59. The van der Waals surface area contributed by atoms with Crippen LogP contribution in [0.5, 0.6) is 0 Å². The van der Waals surface area contributed by atoms with E-state index in [4.69, 9.17) is 11.6 Å². The zero-order valence-corrected chi connectivity index (χ0v) is 13.1. The summed E-state index contributed by atoms with van der Waals surface area (Å²) in [6.07, 6.45) is 1.11. The van der Waals surface area contributed by atoms with Gasteiger partial charge in [0, 0.05) is 16.3 Å².